The Bertz CT molecular complexity index is 551. The number of aromatic nitrogens is 1. The molecule has 1 heterocycles. The van der Waals surface area contributed by atoms with Gasteiger partial charge in [0.2, 0.25) is 0 Å². The average molecular weight is 249 g/mol. The number of rotatable bonds is 1. The molecule has 0 unspecified atom stereocenters. The minimum atomic E-state index is 0.538. The predicted molar refractivity (Wildman–Crippen MR) is 56.1 cm³/mol. The first-order chi connectivity index (χ1) is 6.77. The molecule has 0 atom stereocenters. The van der Waals surface area contributed by atoms with E-state index in [2.05, 4.69) is 27.0 Å². The van der Waals surface area contributed by atoms with Gasteiger partial charge in [0.1, 0.15) is 6.07 Å². The summed E-state index contributed by atoms with van der Waals surface area (Å²) in [7, 11) is 0. The summed E-state index contributed by atoms with van der Waals surface area (Å²) in [5.41, 5.74) is 1.80. The smallest absolute Gasteiger partial charge is 0.152 e. The molecule has 0 aliphatic carbocycles. The molecule has 0 saturated carbocycles. The number of fused-ring (bicyclic) bond motifs is 1. The first-order valence-corrected chi connectivity index (χ1v) is 4.72. The fourth-order valence-electron chi connectivity index (χ4n) is 1.42. The van der Waals surface area contributed by atoms with E-state index in [1.807, 2.05) is 0 Å². The number of carbonyl (C=O) groups is 1. The van der Waals surface area contributed by atoms with Gasteiger partial charge in [0.25, 0.3) is 0 Å². The lowest BCUT2D eigenvalue weighted by molar-refractivity contribution is 0.112. The van der Waals surface area contributed by atoms with E-state index in [0.29, 0.717) is 16.6 Å². The Kier molecular flexibility index (Phi) is 2.10. The quantitative estimate of drug-likeness (QED) is 0.789. The number of aldehydes is 1. The van der Waals surface area contributed by atoms with E-state index in [1.165, 1.54) is 0 Å². The second-order valence-electron chi connectivity index (χ2n) is 2.82. The lowest BCUT2D eigenvalue weighted by Crippen LogP contribution is -1.80. The van der Waals surface area contributed by atoms with Crippen LogP contribution in [0.3, 0.4) is 0 Å². The fourth-order valence-corrected chi connectivity index (χ4v) is 1.98. The van der Waals surface area contributed by atoms with Crippen LogP contribution in [0.1, 0.15) is 15.9 Å². The number of carbonyl (C=O) groups excluding carboxylic acids is 1. The lowest BCUT2D eigenvalue weighted by atomic mass is 10.1. The number of nitrogens with zero attached hydrogens (tertiary/aromatic N) is 1. The molecule has 0 fully saturated rings. The molecule has 0 aliphatic heterocycles. The van der Waals surface area contributed by atoms with Crippen molar-refractivity contribution < 1.29 is 4.79 Å². The van der Waals surface area contributed by atoms with Crippen molar-refractivity contribution >= 4 is 33.1 Å². The van der Waals surface area contributed by atoms with Gasteiger partial charge in [-0.05, 0) is 12.1 Å². The number of halogens is 1. The Labute approximate surface area is 88.5 Å². The van der Waals surface area contributed by atoms with Gasteiger partial charge < -0.3 is 4.98 Å². The van der Waals surface area contributed by atoms with Crippen molar-refractivity contribution in [2.75, 3.05) is 0 Å². The summed E-state index contributed by atoms with van der Waals surface area (Å²) < 4.78 is 0.815. The number of hydrogen-bond acceptors (Lipinski definition) is 2. The summed E-state index contributed by atoms with van der Waals surface area (Å²) in [6.45, 7) is 0. The molecule has 1 aromatic heterocycles. The molecule has 4 heteroatoms. The molecule has 2 rings (SSSR count). The van der Waals surface area contributed by atoms with E-state index in [0.717, 1.165) is 16.1 Å². The van der Waals surface area contributed by atoms with Crippen LogP contribution in [0.25, 0.3) is 10.9 Å². The summed E-state index contributed by atoms with van der Waals surface area (Å²) in [5.74, 6) is 0. The number of H-pyrrole nitrogens is 1. The highest BCUT2D eigenvalue weighted by Crippen LogP contribution is 2.28. The van der Waals surface area contributed by atoms with Crippen molar-refractivity contribution in [3.63, 3.8) is 0 Å². The highest BCUT2D eigenvalue weighted by atomic mass is 79.9. The third kappa shape index (κ3) is 1.14. The molecular formula is C10H5BrN2O. The summed E-state index contributed by atoms with van der Waals surface area (Å²) in [4.78, 5) is 13.6. The highest BCUT2D eigenvalue weighted by molar-refractivity contribution is 9.10. The molecule has 68 valence electrons. The third-order valence-corrected chi connectivity index (χ3v) is 2.72. The Morgan fingerprint density at radius 3 is 2.93 bits per heavy atom. The van der Waals surface area contributed by atoms with Gasteiger partial charge in [-0.2, -0.15) is 5.26 Å². The van der Waals surface area contributed by atoms with Gasteiger partial charge in [0, 0.05) is 21.6 Å². The topological polar surface area (TPSA) is 56.6 Å². The molecule has 14 heavy (non-hydrogen) atoms. The molecule has 1 aromatic carbocycles. The third-order valence-electron chi connectivity index (χ3n) is 2.06. The zero-order valence-electron chi connectivity index (χ0n) is 7.04. The molecule has 3 nitrogen and oxygen atoms in total. The Morgan fingerprint density at radius 2 is 2.29 bits per heavy atom. The van der Waals surface area contributed by atoms with Gasteiger partial charge in [-0.1, -0.05) is 15.9 Å². The Morgan fingerprint density at radius 1 is 1.50 bits per heavy atom. The molecule has 0 saturated heterocycles. The van der Waals surface area contributed by atoms with Crippen LogP contribution in [0.4, 0.5) is 0 Å². The SMILES string of the molecule is N#Cc1ccc(Br)c2c(C=O)c[nH]c12. The summed E-state index contributed by atoms with van der Waals surface area (Å²) in [6.07, 6.45) is 2.37. The van der Waals surface area contributed by atoms with Crippen molar-refractivity contribution in [1.82, 2.24) is 4.98 Å². The van der Waals surface area contributed by atoms with Crippen LogP contribution in [0.15, 0.2) is 22.8 Å². The molecule has 2 aromatic rings. The van der Waals surface area contributed by atoms with Crippen LogP contribution in [-0.4, -0.2) is 11.3 Å². The lowest BCUT2D eigenvalue weighted by Gasteiger charge is -1.96. The van der Waals surface area contributed by atoms with E-state index < -0.39 is 0 Å². The summed E-state index contributed by atoms with van der Waals surface area (Å²) in [6, 6.07) is 5.54. The van der Waals surface area contributed by atoms with Crippen LogP contribution in [0.2, 0.25) is 0 Å². The molecule has 0 spiro atoms. The van der Waals surface area contributed by atoms with Crippen molar-refractivity contribution in [1.29, 1.82) is 5.26 Å². The van der Waals surface area contributed by atoms with Gasteiger partial charge in [0.15, 0.2) is 6.29 Å². The average Bonchev–Trinajstić information content (AvgIpc) is 2.63. The van der Waals surface area contributed by atoms with E-state index in [9.17, 15) is 4.79 Å². The maximum absolute atomic E-state index is 10.7. The molecular weight excluding hydrogens is 244 g/mol. The maximum Gasteiger partial charge on any atom is 0.152 e. The number of nitrogens with one attached hydrogen (secondary N) is 1. The van der Waals surface area contributed by atoms with E-state index in [4.69, 9.17) is 5.26 Å². The highest BCUT2D eigenvalue weighted by Gasteiger charge is 2.09. The second kappa shape index (κ2) is 3.28. The largest absolute Gasteiger partial charge is 0.359 e. The molecule has 0 bridgehead atoms. The summed E-state index contributed by atoms with van der Waals surface area (Å²) in [5, 5.41) is 9.60. The van der Waals surface area contributed by atoms with Crippen LogP contribution >= 0.6 is 15.9 Å². The number of nitriles is 1. The van der Waals surface area contributed by atoms with Crippen LogP contribution in [0.5, 0.6) is 0 Å². The van der Waals surface area contributed by atoms with Crippen molar-refractivity contribution in [2.45, 2.75) is 0 Å². The zero-order chi connectivity index (χ0) is 10.1. The number of aromatic amines is 1. The van der Waals surface area contributed by atoms with Crippen LogP contribution < -0.4 is 0 Å². The van der Waals surface area contributed by atoms with Crippen molar-refractivity contribution in [3.05, 3.63) is 33.9 Å². The standard InChI is InChI=1S/C10H5BrN2O/c11-8-2-1-6(3-12)10-9(8)7(5-14)4-13-10/h1-2,4-5,13H. The summed E-state index contributed by atoms with van der Waals surface area (Å²) >= 11 is 3.34. The molecule has 1 N–H and O–H groups in total. The minimum Gasteiger partial charge on any atom is -0.359 e. The monoisotopic (exact) mass is 248 g/mol. The normalized spacial score (nSPS) is 10.0. The minimum absolute atomic E-state index is 0.538. The van der Waals surface area contributed by atoms with Crippen LogP contribution in [-0.2, 0) is 0 Å². The first kappa shape index (κ1) is 8.97. The van der Waals surface area contributed by atoms with Crippen LogP contribution in [0, 0.1) is 11.3 Å². The van der Waals surface area contributed by atoms with Gasteiger partial charge in [-0.3, -0.25) is 4.79 Å². The van der Waals surface area contributed by atoms with Crippen molar-refractivity contribution in [3.8, 4) is 6.07 Å². The fraction of sp³-hybridized carbons (Fsp3) is 0. The van der Waals surface area contributed by atoms with E-state index >= 15 is 0 Å². The molecule has 0 aliphatic rings. The van der Waals surface area contributed by atoms with Gasteiger partial charge in [-0.15, -0.1) is 0 Å². The van der Waals surface area contributed by atoms with Crippen molar-refractivity contribution in [2.24, 2.45) is 0 Å². The van der Waals surface area contributed by atoms with Gasteiger partial charge in [0.05, 0.1) is 11.1 Å². The Balaban J connectivity index is 2.95. The molecule has 0 radical (unpaired) electrons. The number of hydrogen-bond donors (Lipinski definition) is 1. The van der Waals surface area contributed by atoms with Gasteiger partial charge >= 0.3 is 0 Å². The predicted octanol–water partition coefficient (Wildman–Crippen LogP) is 2.61. The maximum atomic E-state index is 10.7. The Hall–Kier alpha value is -1.60. The van der Waals surface area contributed by atoms with E-state index in [-0.39, 0.29) is 0 Å². The van der Waals surface area contributed by atoms with E-state index in [1.54, 1.807) is 18.3 Å². The molecule has 0 amide bonds. The first-order valence-electron chi connectivity index (χ1n) is 3.93. The number of benzene rings is 1. The second-order valence-corrected chi connectivity index (χ2v) is 3.67. The zero-order valence-corrected chi connectivity index (χ0v) is 8.63. The van der Waals surface area contributed by atoms with Gasteiger partial charge in [-0.25, -0.2) is 0 Å².